The number of guanidine groups is 1. The molecule has 0 saturated heterocycles. The number of amides is 2. The molecule has 1 rings (SSSR count). The number of halogens is 2. The summed E-state index contributed by atoms with van der Waals surface area (Å²) in [7, 11) is 5.88. The average Bonchev–Trinajstić information content (AvgIpc) is 2.64. The predicted octanol–water partition coefficient (Wildman–Crippen LogP) is 0.596. The zero-order chi connectivity index (χ0) is 23.6. The Kier molecular flexibility index (Phi) is 10.4. The standard InChI is InChI=1S/C18H25BF2N6O4/c1-10(2)9-14(19)25-17(29)13(7-4-8-23-18(22)26-27(30)31)24-16(28)11-5-3-6-12(20)15(11)21/h3,5-6,10,13-14H,4,7-9H2,1-2H3,(H,24,28)(H,25,29)(H3,22,23,26)/t13-,14-/m0/s1. The van der Waals surface area contributed by atoms with Crippen LogP contribution >= 0.6 is 0 Å². The molecular weight excluding hydrogens is 413 g/mol. The Morgan fingerprint density at radius 3 is 2.58 bits per heavy atom. The van der Waals surface area contributed by atoms with E-state index in [1.54, 1.807) is 5.43 Å². The zero-order valence-corrected chi connectivity index (χ0v) is 17.2. The first-order valence-corrected chi connectivity index (χ1v) is 9.53. The van der Waals surface area contributed by atoms with E-state index in [1.165, 1.54) is 6.07 Å². The van der Waals surface area contributed by atoms with E-state index in [9.17, 15) is 28.5 Å². The average molecular weight is 438 g/mol. The summed E-state index contributed by atoms with van der Waals surface area (Å²) in [5.41, 5.74) is 6.42. The number of benzene rings is 1. The molecule has 0 aliphatic heterocycles. The summed E-state index contributed by atoms with van der Waals surface area (Å²) in [5, 5.41) is 14.3. The van der Waals surface area contributed by atoms with E-state index >= 15 is 0 Å². The number of nitrogens with one attached hydrogen (secondary N) is 3. The second-order valence-electron chi connectivity index (χ2n) is 7.15. The highest BCUT2D eigenvalue weighted by Crippen LogP contribution is 2.12. The Hall–Kier alpha value is -3.25. The van der Waals surface area contributed by atoms with Gasteiger partial charge in [-0.05, 0) is 43.3 Å². The molecule has 0 aromatic heterocycles. The van der Waals surface area contributed by atoms with Crippen LogP contribution in [-0.4, -0.2) is 49.2 Å². The summed E-state index contributed by atoms with van der Waals surface area (Å²) >= 11 is 0. The molecule has 2 atom stereocenters. The highest BCUT2D eigenvalue weighted by molar-refractivity contribution is 6.13. The van der Waals surface area contributed by atoms with Crippen LogP contribution in [0.15, 0.2) is 23.2 Å². The first-order chi connectivity index (χ1) is 14.5. The summed E-state index contributed by atoms with van der Waals surface area (Å²) in [6.45, 7) is 3.84. The zero-order valence-electron chi connectivity index (χ0n) is 17.2. The van der Waals surface area contributed by atoms with Crippen LogP contribution < -0.4 is 21.8 Å². The lowest BCUT2D eigenvalue weighted by Gasteiger charge is -2.22. The maximum absolute atomic E-state index is 13.9. The Labute approximate surface area is 179 Å². The van der Waals surface area contributed by atoms with Gasteiger partial charge in [0.25, 0.3) is 11.9 Å². The van der Waals surface area contributed by atoms with Crippen LogP contribution in [0.4, 0.5) is 8.78 Å². The lowest BCUT2D eigenvalue weighted by molar-refractivity contribution is -0.525. The van der Waals surface area contributed by atoms with Crippen LogP contribution in [0.2, 0.25) is 0 Å². The molecule has 2 amide bonds. The number of aliphatic imine (C=N–C) groups is 1. The molecule has 0 spiro atoms. The van der Waals surface area contributed by atoms with Crippen molar-refractivity contribution in [2.75, 3.05) is 6.54 Å². The summed E-state index contributed by atoms with van der Waals surface area (Å²) in [5.74, 6) is -5.01. The molecule has 0 bridgehead atoms. The number of hydrazine groups is 1. The largest absolute Gasteiger partial charge is 0.365 e. The van der Waals surface area contributed by atoms with Crippen molar-refractivity contribution in [3.63, 3.8) is 0 Å². The summed E-state index contributed by atoms with van der Waals surface area (Å²) < 4.78 is 27.3. The van der Waals surface area contributed by atoms with E-state index in [1.807, 2.05) is 13.8 Å². The molecule has 0 aliphatic rings. The molecule has 1 aromatic rings. The Morgan fingerprint density at radius 1 is 1.29 bits per heavy atom. The van der Waals surface area contributed by atoms with Gasteiger partial charge in [0, 0.05) is 6.54 Å². The third-order valence-corrected chi connectivity index (χ3v) is 4.01. The van der Waals surface area contributed by atoms with Crippen molar-refractivity contribution in [2.24, 2.45) is 16.6 Å². The minimum Gasteiger partial charge on any atom is -0.365 e. The summed E-state index contributed by atoms with van der Waals surface area (Å²) in [6.07, 6.45) is 0.722. The molecule has 0 saturated carbocycles. The van der Waals surface area contributed by atoms with Crippen LogP contribution in [0.5, 0.6) is 0 Å². The highest BCUT2D eigenvalue weighted by atomic mass is 19.2. The van der Waals surface area contributed by atoms with Crippen molar-refractivity contribution in [1.29, 1.82) is 0 Å². The van der Waals surface area contributed by atoms with Crippen molar-refractivity contribution >= 4 is 25.6 Å². The van der Waals surface area contributed by atoms with Gasteiger partial charge in [-0.3, -0.25) is 9.59 Å². The maximum atomic E-state index is 13.9. The van der Waals surface area contributed by atoms with E-state index in [4.69, 9.17) is 13.6 Å². The predicted molar refractivity (Wildman–Crippen MR) is 111 cm³/mol. The topological polar surface area (TPSA) is 152 Å². The van der Waals surface area contributed by atoms with Crippen LogP contribution in [0.3, 0.4) is 0 Å². The lowest BCUT2D eigenvalue weighted by Crippen LogP contribution is -2.50. The van der Waals surface area contributed by atoms with Gasteiger partial charge in [0.2, 0.25) is 5.91 Å². The number of nitrogens with zero attached hydrogens (tertiary/aromatic N) is 2. The molecule has 1 aromatic carbocycles. The van der Waals surface area contributed by atoms with Gasteiger partial charge in [-0.2, -0.15) is 0 Å². The van der Waals surface area contributed by atoms with Gasteiger partial charge < -0.3 is 16.4 Å². The van der Waals surface area contributed by atoms with E-state index in [-0.39, 0.29) is 25.3 Å². The molecule has 13 heteroatoms. The van der Waals surface area contributed by atoms with E-state index in [0.29, 0.717) is 6.42 Å². The number of nitrogens with two attached hydrogens (primary N) is 1. The van der Waals surface area contributed by atoms with Gasteiger partial charge >= 0.3 is 0 Å². The first-order valence-electron chi connectivity index (χ1n) is 9.53. The molecule has 10 nitrogen and oxygen atoms in total. The normalized spacial score (nSPS) is 13.4. The van der Waals surface area contributed by atoms with Crippen LogP contribution in [0.1, 0.15) is 43.5 Å². The molecule has 0 aliphatic carbocycles. The van der Waals surface area contributed by atoms with E-state index in [2.05, 4.69) is 15.6 Å². The Balaban J connectivity index is 2.86. The lowest BCUT2D eigenvalue weighted by atomic mass is 9.88. The fraction of sp³-hybridized carbons (Fsp3) is 0.500. The second-order valence-corrected chi connectivity index (χ2v) is 7.15. The molecule has 31 heavy (non-hydrogen) atoms. The number of carbonyl (C=O) groups is 2. The van der Waals surface area contributed by atoms with Gasteiger partial charge in [0.15, 0.2) is 16.7 Å². The Bertz CT molecular complexity index is 824. The van der Waals surface area contributed by atoms with Gasteiger partial charge in [0.05, 0.1) is 13.4 Å². The molecule has 168 valence electrons. The first kappa shape index (κ1) is 25.8. The van der Waals surface area contributed by atoms with Crippen molar-refractivity contribution in [3.8, 4) is 0 Å². The van der Waals surface area contributed by atoms with Gasteiger partial charge in [-0.25, -0.2) is 23.9 Å². The van der Waals surface area contributed by atoms with E-state index in [0.717, 1.165) is 12.1 Å². The molecule has 0 unspecified atom stereocenters. The second kappa shape index (κ2) is 12.5. The van der Waals surface area contributed by atoms with Gasteiger partial charge in [-0.15, -0.1) is 0 Å². The number of carbonyl (C=O) groups excluding carboxylic acids is 2. The fourth-order valence-electron chi connectivity index (χ4n) is 2.66. The highest BCUT2D eigenvalue weighted by Gasteiger charge is 2.24. The number of rotatable bonds is 11. The van der Waals surface area contributed by atoms with Crippen molar-refractivity contribution < 1.29 is 23.4 Å². The monoisotopic (exact) mass is 438 g/mol. The summed E-state index contributed by atoms with van der Waals surface area (Å²) in [4.78, 5) is 39.0. The van der Waals surface area contributed by atoms with E-state index < -0.39 is 52.0 Å². The number of hydrogen-bond acceptors (Lipinski definition) is 5. The van der Waals surface area contributed by atoms with Gasteiger partial charge in [0.1, 0.15) is 6.04 Å². The third kappa shape index (κ3) is 9.40. The molecule has 5 N–H and O–H groups in total. The fourth-order valence-corrected chi connectivity index (χ4v) is 2.66. The smallest absolute Gasteiger partial charge is 0.255 e. The molecule has 2 radical (unpaired) electrons. The quantitative estimate of drug-likeness (QED) is 0.0992. The van der Waals surface area contributed by atoms with Gasteiger partial charge in [-0.1, -0.05) is 25.3 Å². The van der Waals surface area contributed by atoms with Crippen molar-refractivity contribution in [1.82, 2.24) is 16.1 Å². The SMILES string of the molecule is [B][C@H](CC(C)C)NC(=O)[C@H](CCCN=C(N)N[N+](=O)[O-])NC(=O)c1cccc(F)c1F. The number of hydrogen-bond donors (Lipinski definition) is 4. The molecular formula is C18H25BF2N6O4. The third-order valence-electron chi connectivity index (χ3n) is 4.01. The van der Waals surface area contributed by atoms with Crippen molar-refractivity contribution in [3.05, 3.63) is 45.5 Å². The molecule has 0 fully saturated rings. The summed E-state index contributed by atoms with van der Waals surface area (Å²) in [6, 6.07) is 1.98. The minimum absolute atomic E-state index is 0.0126. The molecule has 0 heterocycles. The minimum atomic E-state index is -1.33. The number of nitro groups is 1. The maximum Gasteiger partial charge on any atom is 0.255 e. The van der Waals surface area contributed by atoms with Crippen molar-refractivity contribution in [2.45, 2.75) is 45.1 Å². The van der Waals surface area contributed by atoms with Crippen LogP contribution in [0.25, 0.3) is 0 Å². The Morgan fingerprint density at radius 2 is 1.97 bits per heavy atom. The van der Waals surface area contributed by atoms with Crippen LogP contribution in [0, 0.1) is 27.7 Å². The van der Waals surface area contributed by atoms with Crippen LogP contribution in [-0.2, 0) is 4.79 Å².